The third kappa shape index (κ3) is 8.26. The topological polar surface area (TPSA) is 89.0 Å². The molecule has 3 rings (SSSR count). The van der Waals surface area contributed by atoms with Crippen molar-refractivity contribution >= 4 is 29.6 Å². The van der Waals surface area contributed by atoms with E-state index in [1.54, 1.807) is 24.3 Å². The first kappa shape index (κ1) is 24.8. The summed E-state index contributed by atoms with van der Waals surface area (Å²) in [4.78, 5) is 24.1. The number of hydrogen-bond acceptors (Lipinski definition) is 5. The van der Waals surface area contributed by atoms with Crippen molar-refractivity contribution in [3.8, 4) is 11.5 Å². The number of benzene rings is 3. The number of ether oxygens (including phenoxy) is 2. The zero-order valence-electron chi connectivity index (χ0n) is 18.8. The Morgan fingerprint density at radius 1 is 0.912 bits per heavy atom. The molecule has 2 N–H and O–H groups in total. The summed E-state index contributed by atoms with van der Waals surface area (Å²) in [5, 5.41) is 7.16. The van der Waals surface area contributed by atoms with Gasteiger partial charge in [-0.15, -0.1) is 0 Å². The molecule has 34 heavy (non-hydrogen) atoms. The molecule has 0 aliphatic carbocycles. The highest BCUT2D eigenvalue weighted by Gasteiger charge is 2.08. The van der Waals surface area contributed by atoms with E-state index in [2.05, 4.69) is 15.8 Å². The van der Waals surface area contributed by atoms with Crippen molar-refractivity contribution in [2.45, 2.75) is 20.0 Å². The Morgan fingerprint density at radius 2 is 1.56 bits per heavy atom. The Hall–Kier alpha value is -3.84. The van der Waals surface area contributed by atoms with Crippen LogP contribution in [0.4, 0.5) is 0 Å². The number of carbonyl (C=O) groups excluding carboxylic acids is 2. The van der Waals surface area contributed by atoms with Crippen LogP contribution in [0.15, 0.2) is 77.9 Å². The van der Waals surface area contributed by atoms with Gasteiger partial charge in [-0.3, -0.25) is 9.59 Å². The number of amides is 2. The number of hydrazone groups is 1. The summed E-state index contributed by atoms with van der Waals surface area (Å²) >= 11 is 5.88. The standard InChI is InChI=1S/C26H26ClN3O4/c1-2-15-33-23-13-7-21(8-14-23)26(32)28-17-25(31)30-29-16-19-5-11-24(12-6-19)34-18-20-3-9-22(27)10-4-20/h3-14,16H,2,15,17-18H2,1H3,(H,28,32)(H,30,31). The summed E-state index contributed by atoms with van der Waals surface area (Å²) in [5.41, 5.74) is 4.64. The van der Waals surface area contributed by atoms with E-state index in [0.29, 0.717) is 35.3 Å². The van der Waals surface area contributed by atoms with Crippen LogP contribution in [0.5, 0.6) is 11.5 Å². The number of nitrogens with one attached hydrogen (secondary N) is 2. The van der Waals surface area contributed by atoms with Gasteiger partial charge in [-0.2, -0.15) is 5.10 Å². The van der Waals surface area contributed by atoms with Crippen LogP contribution < -0.4 is 20.2 Å². The van der Waals surface area contributed by atoms with Crippen molar-refractivity contribution < 1.29 is 19.1 Å². The minimum atomic E-state index is -0.435. The molecule has 0 aliphatic heterocycles. The van der Waals surface area contributed by atoms with Gasteiger partial charge in [0.1, 0.15) is 18.1 Å². The van der Waals surface area contributed by atoms with E-state index < -0.39 is 5.91 Å². The van der Waals surface area contributed by atoms with Crippen molar-refractivity contribution in [3.63, 3.8) is 0 Å². The van der Waals surface area contributed by atoms with E-state index in [1.165, 1.54) is 6.21 Å². The summed E-state index contributed by atoms with van der Waals surface area (Å²) in [6.07, 6.45) is 2.42. The fraction of sp³-hybridized carbons (Fsp3) is 0.192. The Kier molecular flexibility index (Phi) is 9.49. The predicted octanol–water partition coefficient (Wildman–Crippen LogP) is 4.59. The molecule has 0 aliphatic rings. The molecule has 8 heteroatoms. The lowest BCUT2D eigenvalue weighted by Crippen LogP contribution is -2.34. The van der Waals surface area contributed by atoms with Crippen LogP contribution in [-0.2, 0) is 11.4 Å². The Bertz CT molecular complexity index is 1100. The highest BCUT2D eigenvalue weighted by atomic mass is 35.5. The fourth-order valence-electron chi connectivity index (χ4n) is 2.80. The molecular weight excluding hydrogens is 454 g/mol. The maximum atomic E-state index is 12.2. The van der Waals surface area contributed by atoms with Crippen LogP contribution in [0, 0.1) is 0 Å². The molecule has 0 aromatic heterocycles. The van der Waals surface area contributed by atoms with E-state index in [1.807, 2.05) is 55.5 Å². The first-order chi connectivity index (χ1) is 16.5. The van der Waals surface area contributed by atoms with Gasteiger partial charge in [0, 0.05) is 10.6 Å². The molecule has 7 nitrogen and oxygen atoms in total. The maximum absolute atomic E-state index is 12.2. The second-order valence-corrected chi connectivity index (χ2v) is 7.77. The lowest BCUT2D eigenvalue weighted by Gasteiger charge is -2.07. The zero-order chi connectivity index (χ0) is 24.2. The molecule has 0 saturated carbocycles. The molecule has 3 aromatic rings. The first-order valence-corrected chi connectivity index (χ1v) is 11.2. The van der Waals surface area contributed by atoms with Crippen LogP contribution in [0.2, 0.25) is 5.02 Å². The van der Waals surface area contributed by atoms with Gasteiger partial charge in [-0.1, -0.05) is 30.7 Å². The van der Waals surface area contributed by atoms with Crippen LogP contribution >= 0.6 is 11.6 Å². The molecule has 0 heterocycles. The number of hydrogen-bond donors (Lipinski definition) is 2. The minimum absolute atomic E-state index is 0.193. The largest absolute Gasteiger partial charge is 0.494 e. The van der Waals surface area contributed by atoms with Crippen molar-refractivity contribution in [1.82, 2.24) is 10.7 Å². The lowest BCUT2D eigenvalue weighted by atomic mass is 10.2. The average molecular weight is 480 g/mol. The summed E-state index contributed by atoms with van der Waals surface area (Å²) in [5.74, 6) is 0.626. The van der Waals surface area contributed by atoms with Gasteiger partial charge in [0.2, 0.25) is 0 Å². The smallest absolute Gasteiger partial charge is 0.259 e. The van der Waals surface area contributed by atoms with E-state index in [0.717, 1.165) is 17.5 Å². The number of nitrogens with zero attached hydrogens (tertiary/aromatic N) is 1. The Labute approximate surface area is 203 Å². The lowest BCUT2D eigenvalue weighted by molar-refractivity contribution is -0.120. The van der Waals surface area contributed by atoms with E-state index in [9.17, 15) is 9.59 Å². The molecule has 3 aromatic carbocycles. The SMILES string of the molecule is CCCOc1ccc(C(=O)NCC(=O)NN=Cc2ccc(OCc3ccc(Cl)cc3)cc2)cc1. The highest BCUT2D eigenvalue weighted by Crippen LogP contribution is 2.15. The minimum Gasteiger partial charge on any atom is -0.494 e. The first-order valence-electron chi connectivity index (χ1n) is 10.8. The van der Waals surface area contributed by atoms with Crippen molar-refractivity contribution in [3.05, 3.63) is 94.5 Å². The highest BCUT2D eigenvalue weighted by molar-refractivity contribution is 6.30. The molecule has 0 bridgehead atoms. The quantitative estimate of drug-likeness (QED) is 0.311. The third-order valence-corrected chi connectivity index (χ3v) is 4.85. The van der Waals surface area contributed by atoms with Gasteiger partial charge >= 0.3 is 0 Å². The third-order valence-electron chi connectivity index (χ3n) is 4.60. The normalized spacial score (nSPS) is 10.6. The maximum Gasteiger partial charge on any atom is 0.259 e. The molecule has 0 saturated heterocycles. The second kappa shape index (κ2) is 13.0. The van der Waals surface area contributed by atoms with Crippen LogP contribution in [0.1, 0.15) is 34.8 Å². The van der Waals surface area contributed by atoms with Crippen LogP contribution in [0.3, 0.4) is 0 Å². The van der Waals surface area contributed by atoms with E-state index in [-0.39, 0.29) is 12.5 Å². The number of halogens is 1. The summed E-state index contributed by atoms with van der Waals surface area (Å²) in [7, 11) is 0. The van der Waals surface area contributed by atoms with Crippen molar-refractivity contribution in [2.24, 2.45) is 5.10 Å². The molecule has 0 fully saturated rings. The molecule has 0 atom stereocenters. The zero-order valence-corrected chi connectivity index (χ0v) is 19.5. The van der Waals surface area contributed by atoms with E-state index >= 15 is 0 Å². The molecular formula is C26H26ClN3O4. The molecule has 176 valence electrons. The monoisotopic (exact) mass is 479 g/mol. The van der Waals surface area contributed by atoms with Gasteiger partial charge in [0.05, 0.1) is 19.4 Å². The second-order valence-electron chi connectivity index (χ2n) is 7.33. The van der Waals surface area contributed by atoms with Gasteiger partial charge in [0.15, 0.2) is 0 Å². The number of carbonyl (C=O) groups is 2. The van der Waals surface area contributed by atoms with Crippen LogP contribution in [0.25, 0.3) is 0 Å². The molecule has 2 amide bonds. The average Bonchev–Trinajstić information content (AvgIpc) is 2.87. The van der Waals surface area contributed by atoms with E-state index in [4.69, 9.17) is 21.1 Å². The van der Waals surface area contributed by atoms with Gasteiger partial charge in [0.25, 0.3) is 11.8 Å². The summed E-state index contributed by atoms with van der Waals surface area (Å²) in [6.45, 7) is 2.88. The molecule has 0 radical (unpaired) electrons. The summed E-state index contributed by atoms with van der Waals surface area (Å²) < 4.78 is 11.2. The Morgan fingerprint density at radius 3 is 2.24 bits per heavy atom. The van der Waals surface area contributed by atoms with Gasteiger partial charge < -0.3 is 14.8 Å². The molecule has 0 spiro atoms. The Balaban J connectivity index is 1.38. The predicted molar refractivity (Wildman–Crippen MR) is 133 cm³/mol. The number of rotatable bonds is 11. The molecule has 0 unspecified atom stereocenters. The van der Waals surface area contributed by atoms with Crippen molar-refractivity contribution in [1.29, 1.82) is 0 Å². The van der Waals surface area contributed by atoms with Crippen molar-refractivity contribution in [2.75, 3.05) is 13.2 Å². The van der Waals surface area contributed by atoms with Gasteiger partial charge in [-0.25, -0.2) is 5.43 Å². The van der Waals surface area contributed by atoms with Crippen LogP contribution in [-0.4, -0.2) is 31.2 Å². The fourth-order valence-corrected chi connectivity index (χ4v) is 2.93. The van der Waals surface area contributed by atoms with Gasteiger partial charge in [-0.05, 0) is 78.2 Å². The summed E-state index contributed by atoms with van der Waals surface area (Å²) in [6, 6.07) is 21.5.